The minimum absolute atomic E-state index is 0. The van der Waals surface area contributed by atoms with Crippen molar-refractivity contribution in [2.24, 2.45) is 10.4 Å². The summed E-state index contributed by atoms with van der Waals surface area (Å²) in [6.45, 7) is 2.35. The van der Waals surface area contributed by atoms with Crippen LogP contribution in [0.15, 0.2) is 23.2 Å². The highest BCUT2D eigenvalue weighted by Gasteiger charge is 2.36. The molecule has 1 saturated carbocycles. The monoisotopic (exact) mass is 477 g/mol. The molecule has 1 aliphatic carbocycles. The lowest BCUT2D eigenvalue weighted by molar-refractivity contribution is 0.0732. The molecule has 2 rings (SSSR count). The highest BCUT2D eigenvalue weighted by Crippen LogP contribution is 2.43. The largest absolute Gasteiger partial charge is 0.493 e. The molecule has 1 aromatic carbocycles. The van der Waals surface area contributed by atoms with Gasteiger partial charge < -0.3 is 24.8 Å². The van der Waals surface area contributed by atoms with Gasteiger partial charge in [-0.3, -0.25) is 4.99 Å². The lowest BCUT2D eigenvalue weighted by atomic mass is 9.67. The van der Waals surface area contributed by atoms with E-state index in [4.69, 9.17) is 14.2 Å². The van der Waals surface area contributed by atoms with Gasteiger partial charge in [-0.1, -0.05) is 18.6 Å². The van der Waals surface area contributed by atoms with Crippen molar-refractivity contribution in [3.63, 3.8) is 0 Å². The number of nitrogens with one attached hydrogen (secondary N) is 2. The maximum atomic E-state index is 5.48. The molecule has 0 aliphatic heterocycles. The third-order valence-corrected chi connectivity index (χ3v) is 5.04. The van der Waals surface area contributed by atoms with Crippen LogP contribution >= 0.6 is 24.0 Å². The van der Waals surface area contributed by atoms with Crippen LogP contribution in [-0.2, 0) is 11.3 Å². The minimum Gasteiger partial charge on any atom is -0.493 e. The maximum absolute atomic E-state index is 5.48. The fourth-order valence-electron chi connectivity index (χ4n) is 3.27. The number of halogens is 1. The van der Waals surface area contributed by atoms with Crippen LogP contribution in [-0.4, -0.2) is 47.5 Å². The highest BCUT2D eigenvalue weighted by atomic mass is 127. The molecule has 0 heterocycles. The van der Waals surface area contributed by atoms with Crippen molar-refractivity contribution >= 4 is 29.9 Å². The molecule has 0 aromatic heterocycles. The standard InChI is InChI=1S/C19H31N3O3.HI/c1-20-18(22-14-19(9-6-10-19)11-12-23-2)21-13-15-7-5-8-16(24-3)17(15)25-4;/h5,7-8H,6,9-14H2,1-4H3,(H2,20,21,22);1H. The summed E-state index contributed by atoms with van der Waals surface area (Å²) in [5, 5.41) is 6.83. The number of ether oxygens (including phenoxy) is 3. The summed E-state index contributed by atoms with van der Waals surface area (Å²) in [5.74, 6) is 2.29. The van der Waals surface area contributed by atoms with E-state index in [0.717, 1.165) is 42.6 Å². The van der Waals surface area contributed by atoms with E-state index < -0.39 is 0 Å². The fraction of sp³-hybridized carbons (Fsp3) is 0.632. The van der Waals surface area contributed by atoms with Crippen molar-refractivity contribution in [2.75, 3.05) is 41.5 Å². The second kappa shape index (κ2) is 11.5. The number of rotatable bonds is 9. The lowest BCUT2D eigenvalue weighted by Gasteiger charge is -2.42. The SMILES string of the molecule is CN=C(NCc1cccc(OC)c1OC)NCC1(CCOC)CCC1.I. The Morgan fingerprint density at radius 2 is 1.92 bits per heavy atom. The average Bonchev–Trinajstić information content (AvgIpc) is 2.62. The Morgan fingerprint density at radius 1 is 1.15 bits per heavy atom. The Labute approximate surface area is 174 Å². The van der Waals surface area contributed by atoms with Crippen molar-refractivity contribution in [3.8, 4) is 11.5 Å². The number of benzene rings is 1. The van der Waals surface area contributed by atoms with E-state index >= 15 is 0 Å². The zero-order chi connectivity index (χ0) is 18.1. The second-order valence-corrected chi connectivity index (χ2v) is 6.53. The molecule has 7 heteroatoms. The van der Waals surface area contributed by atoms with Crippen LogP contribution < -0.4 is 20.1 Å². The molecular formula is C19H32IN3O3. The topological polar surface area (TPSA) is 64.1 Å². The molecule has 0 radical (unpaired) electrons. The van der Waals surface area contributed by atoms with Crippen LogP contribution in [0.5, 0.6) is 11.5 Å². The summed E-state index contributed by atoms with van der Waals surface area (Å²) in [7, 11) is 6.86. The van der Waals surface area contributed by atoms with Crippen LogP contribution in [0.25, 0.3) is 0 Å². The molecule has 0 saturated heterocycles. The van der Waals surface area contributed by atoms with Crippen LogP contribution in [0.1, 0.15) is 31.2 Å². The molecule has 1 fully saturated rings. The summed E-state index contributed by atoms with van der Waals surface area (Å²) >= 11 is 0. The summed E-state index contributed by atoms with van der Waals surface area (Å²) < 4.78 is 16.1. The summed E-state index contributed by atoms with van der Waals surface area (Å²) in [6.07, 6.45) is 4.91. The number of guanidine groups is 1. The van der Waals surface area contributed by atoms with Gasteiger partial charge in [0.2, 0.25) is 0 Å². The van der Waals surface area contributed by atoms with Crippen LogP contribution in [0.3, 0.4) is 0 Å². The third-order valence-electron chi connectivity index (χ3n) is 5.04. The quantitative estimate of drug-likeness (QED) is 0.325. The van der Waals surface area contributed by atoms with E-state index in [2.05, 4.69) is 15.6 Å². The van der Waals surface area contributed by atoms with Crippen LogP contribution in [0, 0.1) is 5.41 Å². The van der Waals surface area contributed by atoms with E-state index in [-0.39, 0.29) is 24.0 Å². The van der Waals surface area contributed by atoms with E-state index in [1.807, 2.05) is 18.2 Å². The molecule has 0 unspecified atom stereocenters. The number of para-hydroxylation sites is 1. The normalized spacial score (nSPS) is 15.5. The van der Waals surface area contributed by atoms with Gasteiger partial charge in [-0.2, -0.15) is 0 Å². The number of hydrogen-bond acceptors (Lipinski definition) is 4. The summed E-state index contributed by atoms with van der Waals surface area (Å²) in [5.41, 5.74) is 1.38. The van der Waals surface area contributed by atoms with E-state index in [1.54, 1.807) is 28.4 Å². The van der Waals surface area contributed by atoms with Crippen molar-refractivity contribution in [3.05, 3.63) is 23.8 Å². The Bertz CT molecular complexity index is 577. The molecule has 0 amide bonds. The van der Waals surface area contributed by atoms with Gasteiger partial charge in [-0.05, 0) is 30.7 Å². The first kappa shape index (κ1) is 22.8. The van der Waals surface area contributed by atoms with Crippen molar-refractivity contribution in [1.29, 1.82) is 0 Å². The number of nitrogens with zero attached hydrogens (tertiary/aromatic N) is 1. The van der Waals surface area contributed by atoms with E-state index in [1.165, 1.54) is 19.3 Å². The van der Waals surface area contributed by atoms with E-state index in [9.17, 15) is 0 Å². The smallest absolute Gasteiger partial charge is 0.191 e. The molecule has 0 bridgehead atoms. The molecule has 1 aliphatic rings. The number of aliphatic imine (C=N–C) groups is 1. The average molecular weight is 477 g/mol. The van der Waals surface area contributed by atoms with Gasteiger partial charge in [0.1, 0.15) is 0 Å². The zero-order valence-corrected chi connectivity index (χ0v) is 18.6. The molecule has 6 nitrogen and oxygen atoms in total. The van der Waals surface area contributed by atoms with Crippen molar-refractivity contribution in [2.45, 2.75) is 32.2 Å². The molecule has 2 N–H and O–H groups in total. The van der Waals surface area contributed by atoms with Gasteiger partial charge in [0.05, 0.1) is 14.2 Å². The van der Waals surface area contributed by atoms with Gasteiger partial charge in [0, 0.05) is 39.4 Å². The molecule has 0 spiro atoms. The Kier molecular flexibility index (Phi) is 10.1. The predicted octanol–water partition coefficient (Wildman–Crippen LogP) is 3.19. The summed E-state index contributed by atoms with van der Waals surface area (Å²) in [6, 6.07) is 5.88. The molecule has 1 aromatic rings. The second-order valence-electron chi connectivity index (χ2n) is 6.53. The van der Waals surface area contributed by atoms with Crippen molar-refractivity contribution in [1.82, 2.24) is 10.6 Å². The van der Waals surface area contributed by atoms with Gasteiger partial charge in [0.15, 0.2) is 17.5 Å². The molecule has 26 heavy (non-hydrogen) atoms. The summed E-state index contributed by atoms with van der Waals surface area (Å²) in [4.78, 5) is 4.33. The molecular weight excluding hydrogens is 445 g/mol. The maximum Gasteiger partial charge on any atom is 0.191 e. The van der Waals surface area contributed by atoms with Gasteiger partial charge in [-0.25, -0.2) is 0 Å². The zero-order valence-electron chi connectivity index (χ0n) is 16.3. The van der Waals surface area contributed by atoms with Crippen LogP contribution in [0.4, 0.5) is 0 Å². The predicted molar refractivity (Wildman–Crippen MR) is 116 cm³/mol. The third kappa shape index (κ3) is 5.90. The first-order valence-corrected chi connectivity index (χ1v) is 8.81. The molecule has 0 atom stereocenters. The van der Waals surface area contributed by atoms with E-state index in [0.29, 0.717) is 12.0 Å². The number of methoxy groups -OCH3 is 3. The fourth-order valence-corrected chi connectivity index (χ4v) is 3.27. The Balaban J connectivity index is 0.00000338. The molecule has 148 valence electrons. The van der Waals surface area contributed by atoms with Gasteiger partial charge in [0.25, 0.3) is 0 Å². The first-order chi connectivity index (χ1) is 12.2. The Hall–Kier alpha value is -1.22. The van der Waals surface area contributed by atoms with Crippen molar-refractivity contribution < 1.29 is 14.2 Å². The number of hydrogen-bond donors (Lipinski definition) is 2. The highest BCUT2D eigenvalue weighted by molar-refractivity contribution is 14.0. The first-order valence-electron chi connectivity index (χ1n) is 8.81. The lowest BCUT2D eigenvalue weighted by Crippen LogP contribution is -2.46. The Morgan fingerprint density at radius 3 is 2.46 bits per heavy atom. The van der Waals surface area contributed by atoms with Gasteiger partial charge in [-0.15, -0.1) is 24.0 Å². The van der Waals surface area contributed by atoms with Gasteiger partial charge >= 0.3 is 0 Å². The van der Waals surface area contributed by atoms with Crippen LogP contribution in [0.2, 0.25) is 0 Å². The minimum atomic E-state index is 0.